The molecule has 0 atom stereocenters. The lowest BCUT2D eigenvalue weighted by Gasteiger charge is -2.29. The molecule has 4 rings (SSSR count). The van der Waals surface area contributed by atoms with Gasteiger partial charge in [0, 0.05) is 11.6 Å². The molecule has 3 aromatic rings. The smallest absolute Gasteiger partial charge is 0.235 e. The Morgan fingerprint density at radius 2 is 1.84 bits per heavy atom. The molecule has 5 heteroatoms. The van der Waals surface area contributed by atoms with Crippen molar-refractivity contribution in [3.05, 3.63) is 60.3 Å². The lowest BCUT2D eigenvalue weighted by molar-refractivity contribution is -0.121. The van der Waals surface area contributed by atoms with E-state index in [4.69, 9.17) is 9.47 Å². The Labute approximate surface area is 183 Å². The lowest BCUT2D eigenvalue weighted by atomic mass is 9.78. The Balaban J connectivity index is 1.66. The third kappa shape index (κ3) is 4.22. The van der Waals surface area contributed by atoms with Crippen molar-refractivity contribution < 1.29 is 14.3 Å². The van der Waals surface area contributed by atoms with Gasteiger partial charge < -0.3 is 14.8 Å². The second-order valence-corrected chi connectivity index (χ2v) is 8.69. The zero-order valence-electron chi connectivity index (χ0n) is 18.5. The van der Waals surface area contributed by atoms with E-state index in [1.54, 1.807) is 13.3 Å². The summed E-state index contributed by atoms with van der Waals surface area (Å²) in [6.45, 7) is 4.85. The number of pyridine rings is 1. The molecule has 0 radical (unpaired) electrons. The molecule has 5 nitrogen and oxygen atoms in total. The fourth-order valence-electron chi connectivity index (χ4n) is 4.41. The van der Waals surface area contributed by atoms with E-state index in [1.807, 2.05) is 48.5 Å². The molecule has 0 aliphatic heterocycles. The predicted molar refractivity (Wildman–Crippen MR) is 124 cm³/mol. The summed E-state index contributed by atoms with van der Waals surface area (Å²) in [5.74, 6) is 2.00. The number of ether oxygens (including phenoxy) is 2. The number of benzene rings is 2. The summed E-state index contributed by atoms with van der Waals surface area (Å²) in [4.78, 5) is 18.2. The molecule has 1 aromatic heterocycles. The zero-order valence-corrected chi connectivity index (χ0v) is 18.5. The Bertz CT molecular complexity index is 1050. The van der Waals surface area contributed by atoms with Gasteiger partial charge in [-0.05, 0) is 60.7 Å². The number of amides is 1. The molecule has 1 aliphatic carbocycles. The van der Waals surface area contributed by atoms with Crippen LogP contribution in [-0.4, -0.2) is 24.6 Å². The third-order valence-electron chi connectivity index (χ3n) is 6.09. The van der Waals surface area contributed by atoms with Crippen molar-refractivity contribution in [1.82, 2.24) is 4.98 Å². The summed E-state index contributed by atoms with van der Waals surface area (Å²) in [7, 11) is 1.65. The van der Waals surface area contributed by atoms with E-state index < -0.39 is 5.41 Å². The molecule has 1 aliphatic rings. The number of methoxy groups -OCH3 is 1. The number of carbonyl (C=O) groups is 1. The molecule has 0 unspecified atom stereocenters. The van der Waals surface area contributed by atoms with E-state index in [9.17, 15) is 4.79 Å². The Morgan fingerprint density at radius 3 is 2.52 bits per heavy atom. The van der Waals surface area contributed by atoms with Crippen molar-refractivity contribution in [2.45, 2.75) is 44.9 Å². The van der Waals surface area contributed by atoms with E-state index >= 15 is 0 Å². The number of rotatable bonds is 7. The SMILES string of the molecule is COc1ccc(C2(C(=O)Nc3ccc(OCC(C)C)c4ncccc34)CCCC2)cc1. The van der Waals surface area contributed by atoms with E-state index in [-0.39, 0.29) is 5.91 Å². The van der Waals surface area contributed by atoms with Crippen LogP contribution in [0.2, 0.25) is 0 Å². The highest BCUT2D eigenvalue weighted by Crippen LogP contribution is 2.43. The van der Waals surface area contributed by atoms with Crippen LogP contribution in [0.1, 0.15) is 45.1 Å². The van der Waals surface area contributed by atoms with Gasteiger partial charge >= 0.3 is 0 Å². The Morgan fingerprint density at radius 1 is 1.10 bits per heavy atom. The minimum absolute atomic E-state index is 0.0381. The highest BCUT2D eigenvalue weighted by molar-refractivity contribution is 6.06. The molecule has 31 heavy (non-hydrogen) atoms. The van der Waals surface area contributed by atoms with Crippen LogP contribution in [0.4, 0.5) is 5.69 Å². The van der Waals surface area contributed by atoms with E-state index in [1.165, 1.54) is 0 Å². The average molecular weight is 419 g/mol. The van der Waals surface area contributed by atoms with Crippen LogP contribution in [0, 0.1) is 5.92 Å². The van der Waals surface area contributed by atoms with E-state index in [0.717, 1.165) is 59.3 Å². The van der Waals surface area contributed by atoms with Gasteiger partial charge in [-0.1, -0.05) is 38.8 Å². The van der Waals surface area contributed by atoms with Gasteiger partial charge in [0.1, 0.15) is 17.0 Å². The Hall–Kier alpha value is -3.08. The molecule has 1 N–H and O–H groups in total. The second-order valence-electron chi connectivity index (χ2n) is 8.69. The zero-order chi connectivity index (χ0) is 21.8. The predicted octanol–water partition coefficient (Wildman–Crippen LogP) is 5.73. The summed E-state index contributed by atoms with van der Waals surface area (Å²) in [5, 5.41) is 4.11. The molecule has 1 fully saturated rings. The monoisotopic (exact) mass is 418 g/mol. The number of anilines is 1. The fourth-order valence-corrected chi connectivity index (χ4v) is 4.41. The highest BCUT2D eigenvalue weighted by Gasteiger charge is 2.42. The average Bonchev–Trinajstić information content (AvgIpc) is 3.30. The fraction of sp³-hybridized carbons (Fsp3) is 0.385. The van der Waals surface area contributed by atoms with Crippen LogP contribution in [-0.2, 0) is 10.2 Å². The topological polar surface area (TPSA) is 60.5 Å². The second kappa shape index (κ2) is 8.96. The van der Waals surface area contributed by atoms with Crippen molar-refractivity contribution in [2.24, 2.45) is 5.92 Å². The van der Waals surface area contributed by atoms with Crippen molar-refractivity contribution in [3.63, 3.8) is 0 Å². The van der Waals surface area contributed by atoms with Gasteiger partial charge in [-0.25, -0.2) is 0 Å². The van der Waals surface area contributed by atoms with Crippen LogP contribution < -0.4 is 14.8 Å². The number of hydrogen-bond donors (Lipinski definition) is 1. The summed E-state index contributed by atoms with van der Waals surface area (Å²) in [5.41, 5.74) is 2.06. The molecule has 1 heterocycles. The van der Waals surface area contributed by atoms with Crippen LogP contribution >= 0.6 is 0 Å². The van der Waals surface area contributed by atoms with Crippen molar-refractivity contribution >= 4 is 22.5 Å². The van der Waals surface area contributed by atoms with E-state index in [0.29, 0.717) is 12.5 Å². The summed E-state index contributed by atoms with van der Waals surface area (Å²) >= 11 is 0. The molecule has 1 saturated carbocycles. The molecular formula is C26H30N2O3. The van der Waals surface area contributed by atoms with Gasteiger partial charge in [0.15, 0.2) is 0 Å². The molecule has 1 amide bonds. The first-order valence-electron chi connectivity index (χ1n) is 11.0. The number of nitrogens with one attached hydrogen (secondary N) is 1. The minimum atomic E-state index is -0.520. The molecule has 0 saturated heterocycles. The molecule has 0 spiro atoms. The molecule has 162 valence electrons. The number of nitrogens with zero attached hydrogens (tertiary/aromatic N) is 1. The van der Waals surface area contributed by atoms with Crippen LogP contribution in [0.25, 0.3) is 10.9 Å². The highest BCUT2D eigenvalue weighted by atomic mass is 16.5. The molecular weight excluding hydrogens is 388 g/mol. The van der Waals surface area contributed by atoms with Crippen molar-refractivity contribution in [2.75, 3.05) is 19.0 Å². The van der Waals surface area contributed by atoms with Crippen LogP contribution in [0.15, 0.2) is 54.7 Å². The van der Waals surface area contributed by atoms with E-state index in [2.05, 4.69) is 24.1 Å². The maximum absolute atomic E-state index is 13.6. The van der Waals surface area contributed by atoms with Gasteiger partial charge in [-0.15, -0.1) is 0 Å². The summed E-state index contributed by atoms with van der Waals surface area (Å²) < 4.78 is 11.3. The summed E-state index contributed by atoms with van der Waals surface area (Å²) in [6.07, 6.45) is 5.54. The third-order valence-corrected chi connectivity index (χ3v) is 6.09. The first-order valence-corrected chi connectivity index (χ1v) is 11.0. The number of carbonyl (C=O) groups excluding carboxylic acids is 1. The van der Waals surface area contributed by atoms with Gasteiger partial charge in [-0.3, -0.25) is 9.78 Å². The first-order chi connectivity index (χ1) is 15.0. The quantitative estimate of drug-likeness (QED) is 0.532. The standard InChI is InChI=1S/C26H30N2O3/c1-18(2)17-31-23-13-12-22(21-7-6-16-27-24(21)23)28-25(29)26(14-4-5-15-26)19-8-10-20(30-3)11-9-19/h6-13,16,18H,4-5,14-15,17H2,1-3H3,(H,28,29). The summed E-state index contributed by atoms with van der Waals surface area (Å²) in [6, 6.07) is 15.6. The van der Waals surface area contributed by atoms with Gasteiger partial charge in [0.2, 0.25) is 5.91 Å². The number of hydrogen-bond acceptors (Lipinski definition) is 4. The van der Waals surface area contributed by atoms with Gasteiger partial charge in [-0.2, -0.15) is 0 Å². The maximum Gasteiger partial charge on any atom is 0.235 e. The normalized spacial score (nSPS) is 15.2. The Kier molecular flexibility index (Phi) is 6.12. The van der Waals surface area contributed by atoms with Crippen molar-refractivity contribution in [1.29, 1.82) is 0 Å². The van der Waals surface area contributed by atoms with Gasteiger partial charge in [0.25, 0.3) is 0 Å². The lowest BCUT2D eigenvalue weighted by Crippen LogP contribution is -2.38. The molecule has 2 aromatic carbocycles. The maximum atomic E-state index is 13.6. The first kappa shape index (κ1) is 21.2. The van der Waals surface area contributed by atoms with Crippen LogP contribution in [0.3, 0.4) is 0 Å². The largest absolute Gasteiger partial charge is 0.497 e. The van der Waals surface area contributed by atoms with Gasteiger partial charge in [0.05, 0.1) is 24.8 Å². The number of fused-ring (bicyclic) bond motifs is 1. The van der Waals surface area contributed by atoms with Crippen LogP contribution in [0.5, 0.6) is 11.5 Å². The minimum Gasteiger partial charge on any atom is -0.497 e. The molecule has 0 bridgehead atoms. The number of aromatic nitrogens is 1. The van der Waals surface area contributed by atoms with Crippen molar-refractivity contribution in [3.8, 4) is 11.5 Å².